The van der Waals surface area contributed by atoms with Gasteiger partial charge in [-0.3, -0.25) is 0 Å². The number of fused-ring (bicyclic) bond motifs is 1. The lowest BCUT2D eigenvalue weighted by atomic mass is 9.97. The lowest BCUT2D eigenvalue weighted by Crippen LogP contribution is -2.07. The van der Waals surface area contributed by atoms with Crippen LogP contribution in [0, 0.1) is 5.82 Å². The van der Waals surface area contributed by atoms with Crippen LogP contribution in [0.3, 0.4) is 0 Å². The number of rotatable bonds is 5. The first-order valence-corrected chi connectivity index (χ1v) is 8.78. The summed E-state index contributed by atoms with van der Waals surface area (Å²) in [6.07, 6.45) is -0.0994. The molecule has 3 rings (SSSR count). The molecule has 0 spiro atoms. The third-order valence-corrected chi connectivity index (χ3v) is 4.58. The van der Waals surface area contributed by atoms with Crippen molar-refractivity contribution < 1.29 is 17.6 Å². The molecule has 136 valence electrons. The Morgan fingerprint density at radius 2 is 1.42 bits per heavy atom. The summed E-state index contributed by atoms with van der Waals surface area (Å²) in [5.41, 5.74) is 1.17. The van der Waals surface area contributed by atoms with E-state index in [1.54, 1.807) is 0 Å². The molecular weight excluding hydrogens is 340 g/mol. The number of hydrogen-bond donors (Lipinski definition) is 0. The van der Waals surface area contributed by atoms with Gasteiger partial charge < -0.3 is 0 Å². The Kier molecular flexibility index (Phi) is 5.30. The average Bonchev–Trinajstić information content (AvgIpc) is 2.60. The van der Waals surface area contributed by atoms with Crippen molar-refractivity contribution in [2.24, 2.45) is 0 Å². The highest BCUT2D eigenvalue weighted by Crippen LogP contribution is 2.34. The molecule has 0 aromatic heterocycles. The van der Waals surface area contributed by atoms with E-state index in [0.717, 1.165) is 35.7 Å². The van der Waals surface area contributed by atoms with E-state index in [9.17, 15) is 17.6 Å². The van der Waals surface area contributed by atoms with Crippen molar-refractivity contribution in [1.29, 1.82) is 0 Å². The summed E-state index contributed by atoms with van der Waals surface area (Å²) < 4.78 is 51.9. The summed E-state index contributed by atoms with van der Waals surface area (Å²) >= 11 is 0. The minimum absolute atomic E-state index is 0.435. The highest BCUT2D eigenvalue weighted by Gasteiger charge is 2.33. The van der Waals surface area contributed by atoms with Gasteiger partial charge in [-0.2, -0.15) is 13.2 Å². The molecule has 3 aromatic carbocycles. The van der Waals surface area contributed by atoms with E-state index >= 15 is 0 Å². The van der Waals surface area contributed by atoms with Crippen molar-refractivity contribution in [2.75, 3.05) is 0 Å². The number of unbranched alkanes of at least 4 members (excludes halogenated alkanes) is 2. The predicted molar refractivity (Wildman–Crippen MR) is 97.6 cm³/mol. The quantitative estimate of drug-likeness (QED) is 0.328. The molecule has 0 unspecified atom stereocenters. The first kappa shape index (κ1) is 18.4. The van der Waals surface area contributed by atoms with Gasteiger partial charge in [-0.15, -0.1) is 0 Å². The smallest absolute Gasteiger partial charge is 0.206 e. The molecule has 0 saturated carbocycles. The lowest BCUT2D eigenvalue weighted by Gasteiger charge is -2.10. The van der Waals surface area contributed by atoms with Gasteiger partial charge in [0, 0.05) is 0 Å². The van der Waals surface area contributed by atoms with Gasteiger partial charge in [0.15, 0.2) is 0 Å². The number of alkyl halides is 3. The average molecular weight is 360 g/mol. The van der Waals surface area contributed by atoms with Crippen molar-refractivity contribution >= 4 is 10.8 Å². The van der Waals surface area contributed by atoms with Gasteiger partial charge in [0.2, 0.25) is 0 Å². The van der Waals surface area contributed by atoms with E-state index < -0.39 is 17.6 Å². The summed E-state index contributed by atoms with van der Waals surface area (Å²) in [5.74, 6) is -1.25. The molecular formula is C22H20F4. The van der Waals surface area contributed by atoms with Gasteiger partial charge in [0.05, 0.1) is 5.56 Å². The fourth-order valence-electron chi connectivity index (χ4n) is 3.13. The fraction of sp³-hybridized carbons (Fsp3) is 0.273. The molecule has 0 amide bonds. The summed E-state index contributed by atoms with van der Waals surface area (Å²) in [7, 11) is 0. The highest BCUT2D eigenvalue weighted by atomic mass is 19.4. The Morgan fingerprint density at radius 1 is 0.769 bits per heavy atom. The van der Waals surface area contributed by atoms with Crippen molar-refractivity contribution in [3.05, 3.63) is 71.5 Å². The summed E-state index contributed by atoms with van der Waals surface area (Å²) in [4.78, 5) is 0. The van der Waals surface area contributed by atoms with Crippen LogP contribution < -0.4 is 0 Å². The van der Waals surface area contributed by atoms with Crippen molar-refractivity contribution in [1.82, 2.24) is 0 Å². The Balaban J connectivity index is 1.89. The Morgan fingerprint density at radius 3 is 2.12 bits per heavy atom. The number of hydrogen-bond acceptors (Lipinski definition) is 0. The Bertz CT molecular complexity index is 910. The highest BCUT2D eigenvalue weighted by molar-refractivity contribution is 5.87. The maximum Gasteiger partial charge on any atom is 0.419 e. The first-order chi connectivity index (χ1) is 12.4. The normalized spacial score (nSPS) is 11.9. The second-order valence-corrected chi connectivity index (χ2v) is 6.55. The van der Waals surface area contributed by atoms with Gasteiger partial charge in [0.1, 0.15) is 5.82 Å². The van der Waals surface area contributed by atoms with Gasteiger partial charge in [-0.05, 0) is 58.5 Å². The van der Waals surface area contributed by atoms with Crippen LogP contribution in [-0.2, 0) is 12.6 Å². The van der Waals surface area contributed by atoms with Gasteiger partial charge in [-0.25, -0.2) is 4.39 Å². The van der Waals surface area contributed by atoms with Gasteiger partial charge >= 0.3 is 6.18 Å². The van der Waals surface area contributed by atoms with E-state index in [2.05, 4.69) is 19.1 Å². The zero-order chi connectivity index (χ0) is 18.7. The minimum Gasteiger partial charge on any atom is -0.206 e. The molecule has 26 heavy (non-hydrogen) atoms. The third-order valence-electron chi connectivity index (χ3n) is 4.58. The van der Waals surface area contributed by atoms with Crippen LogP contribution >= 0.6 is 0 Å². The Labute approximate surface area is 150 Å². The predicted octanol–water partition coefficient (Wildman–Crippen LogP) is 7.40. The zero-order valence-electron chi connectivity index (χ0n) is 14.5. The summed E-state index contributed by atoms with van der Waals surface area (Å²) in [6, 6.07) is 14.9. The molecule has 0 aliphatic heterocycles. The monoisotopic (exact) mass is 360 g/mol. The van der Waals surface area contributed by atoms with Crippen LogP contribution in [0.1, 0.15) is 37.3 Å². The molecule has 0 nitrogen and oxygen atoms in total. The summed E-state index contributed by atoms with van der Waals surface area (Å²) in [6.45, 7) is 2.17. The SMILES string of the molecule is CCCCCc1ccc2cc(-c3ccc(C(F)(F)F)c(F)c3)ccc2c1. The van der Waals surface area contributed by atoms with E-state index in [0.29, 0.717) is 11.1 Å². The molecule has 0 aliphatic carbocycles. The maximum absolute atomic E-state index is 13.8. The van der Waals surface area contributed by atoms with E-state index in [1.165, 1.54) is 24.5 Å². The lowest BCUT2D eigenvalue weighted by molar-refractivity contribution is -0.139. The molecule has 0 atom stereocenters. The first-order valence-electron chi connectivity index (χ1n) is 8.78. The molecule has 0 aliphatic rings. The zero-order valence-corrected chi connectivity index (χ0v) is 14.5. The standard InChI is InChI=1S/C22H20F4/c1-2-3-4-5-15-6-7-17-13-18(9-8-16(17)12-15)19-10-11-20(21(23)14-19)22(24,25)26/h6-14H,2-5H2,1H3. The second kappa shape index (κ2) is 7.48. The van der Waals surface area contributed by atoms with Crippen LogP contribution in [0.4, 0.5) is 17.6 Å². The largest absolute Gasteiger partial charge is 0.419 e. The molecule has 0 fully saturated rings. The molecule has 0 heterocycles. The van der Waals surface area contributed by atoms with Crippen LogP contribution in [0.2, 0.25) is 0 Å². The van der Waals surface area contributed by atoms with Crippen molar-refractivity contribution in [3.63, 3.8) is 0 Å². The topological polar surface area (TPSA) is 0 Å². The maximum atomic E-state index is 13.8. The van der Waals surface area contributed by atoms with Gasteiger partial charge in [-0.1, -0.05) is 56.2 Å². The third kappa shape index (κ3) is 4.06. The number of halogens is 4. The van der Waals surface area contributed by atoms with Crippen molar-refractivity contribution in [2.45, 2.75) is 38.8 Å². The molecule has 0 N–H and O–H groups in total. The molecule has 0 bridgehead atoms. The van der Waals surface area contributed by atoms with E-state index in [-0.39, 0.29) is 0 Å². The van der Waals surface area contributed by atoms with Crippen LogP contribution in [0.5, 0.6) is 0 Å². The van der Waals surface area contributed by atoms with Crippen LogP contribution in [-0.4, -0.2) is 0 Å². The van der Waals surface area contributed by atoms with Crippen LogP contribution in [0.15, 0.2) is 54.6 Å². The molecule has 4 heteroatoms. The molecule has 0 radical (unpaired) electrons. The van der Waals surface area contributed by atoms with Crippen molar-refractivity contribution in [3.8, 4) is 11.1 Å². The molecule has 3 aromatic rings. The number of aryl methyl sites for hydroxylation is 1. The van der Waals surface area contributed by atoms with E-state index in [1.807, 2.05) is 24.3 Å². The van der Waals surface area contributed by atoms with Gasteiger partial charge in [0.25, 0.3) is 0 Å². The Hall–Kier alpha value is -2.36. The van der Waals surface area contributed by atoms with Crippen LogP contribution in [0.25, 0.3) is 21.9 Å². The van der Waals surface area contributed by atoms with E-state index in [4.69, 9.17) is 0 Å². The minimum atomic E-state index is -4.68. The number of benzene rings is 3. The summed E-state index contributed by atoms with van der Waals surface area (Å²) in [5, 5.41) is 2.07. The fourth-order valence-corrected chi connectivity index (χ4v) is 3.13. The molecule has 0 saturated heterocycles. The second-order valence-electron chi connectivity index (χ2n) is 6.55.